The van der Waals surface area contributed by atoms with Gasteiger partial charge in [0.05, 0.1) is 17.9 Å². The van der Waals surface area contributed by atoms with E-state index in [0.29, 0.717) is 18.9 Å². The van der Waals surface area contributed by atoms with Crippen molar-refractivity contribution in [3.8, 4) is 11.3 Å². The number of benzene rings is 1. The Balaban J connectivity index is 1.59. The molecule has 0 spiro atoms. The van der Waals surface area contributed by atoms with Crippen LogP contribution in [-0.4, -0.2) is 15.9 Å². The van der Waals surface area contributed by atoms with Gasteiger partial charge in [0.25, 0.3) is 0 Å². The highest BCUT2D eigenvalue weighted by molar-refractivity contribution is 5.76. The molecular weight excluding hydrogens is 293 g/mol. The second kappa shape index (κ2) is 7.31. The van der Waals surface area contributed by atoms with Gasteiger partial charge in [0, 0.05) is 12.0 Å². The molecule has 1 saturated carbocycles. The van der Waals surface area contributed by atoms with E-state index in [-0.39, 0.29) is 11.7 Å². The third-order valence-electron chi connectivity index (χ3n) is 4.28. The van der Waals surface area contributed by atoms with Gasteiger partial charge in [0.15, 0.2) is 0 Å². The molecule has 5 heteroatoms. The van der Waals surface area contributed by atoms with Gasteiger partial charge in [0.2, 0.25) is 5.91 Å². The van der Waals surface area contributed by atoms with E-state index < -0.39 is 0 Å². The smallest absolute Gasteiger partial charge is 0.220 e. The molecule has 1 amide bonds. The summed E-state index contributed by atoms with van der Waals surface area (Å²) in [6, 6.07) is 7.99. The second-order valence-corrected chi connectivity index (χ2v) is 6.03. The van der Waals surface area contributed by atoms with E-state index in [9.17, 15) is 9.18 Å². The molecule has 3 rings (SSSR count). The van der Waals surface area contributed by atoms with Gasteiger partial charge in [-0.2, -0.15) is 0 Å². The zero-order valence-electron chi connectivity index (χ0n) is 13.0. The Morgan fingerprint density at radius 3 is 2.65 bits per heavy atom. The highest BCUT2D eigenvalue weighted by atomic mass is 19.1. The standard InChI is InChI=1S/C18H20FN3O/c19-15-7-5-14(6-8-15)17-10-16(21-12-22-17)11-20-18(23)9-13-3-1-2-4-13/h5-8,10,12-13H,1-4,9,11H2,(H,20,23). The first-order valence-electron chi connectivity index (χ1n) is 8.04. The van der Waals surface area contributed by atoms with Crippen LogP contribution in [0.15, 0.2) is 36.7 Å². The van der Waals surface area contributed by atoms with Crippen LogP contribution >= 0.6 is 0 Å². The predicted molar refractivity (Wildman–Crippen MR) is 85.8 cm³/mol. The Morgan fingerprint density at radius 1 is 1.17 bits per heavy atom. The van der Waals surface area contributed by atoms with Gasteiger partial charge in [-0.25, -0.2) is 14.4 Å². The van der Waals surface area contributed by atoms with Crippen molar-refractivity contribution >= 4 is 5.91 Å². The van der Waals surface area contributed by atoms with E-state index in [0.717, 1.165) is 29.8 Å². The van der Waals surface area contributed by atoms with Crippen LogP contribution in [0.25, 0.3) is 11.3 Å². The molecule has 0 unspecified atom stereocenters. The Morgan fingerprint density at radius 2 is 1.91 bits per heavy atom. The van der Waals surface area contributed by atoms with Crippen molar-refractivity contribution in [2.75, 3.05) is 0 Å². The van der Waals surface area contributed by atoms with E-state index in [2.05, 4.69) is 15.3 Å². The molecule has 120 valence electrons. The lowest BCUT2D eigenvalue weighted by molar-refractivity contribution is -0.122. The molecule has 0 aliphatic heterocycles. The molecule has 23 heavy (non-hydrogen) atoms. The molecule has 1 aromatic carbocycles. The van der Waals surface area contributed by atoms with Crippen molar-refractivity contribution in [2.45, 2.75) is 38.6 Å². The first kappa shape index (κ1) is 15.6. The summed E-state index contributed by atoms with van der Waals surface area (Å²) in [6.45, 7) is 0.391. The summed E-state index contributed by atoms with van der Waals surface area (Å²) in [5.41, 5.74) is 2.30. The van der Waals surface area contributed by atoms with Gasteiger partial charge in [-0.15, -0.1) is 0 Å². The van der Waals surface area contributed by atoms with Crippen LogP contribution in [0.3, 0.4) is 0 Å². The lowest BCUT2D eigenvalue weighted by atomic mass is 10.0. The summed E-state index contributed by atoms with van der Waals surface area (Å²) in [7, 11) is 0. The number of carbonyl (C=O) groups is 1. The minimum Gasteiger partial charge on any atom is -0.350 e. The quantitative estimate of drug-likeness (QED) is 0.919. The summed E-state index contributed by atoms with van der Waals surface area (Å²) >= 11 is 0. The number of nitrogens with zero attached hydrogens (tertiary/aromatic N) is 2. The maximum Gasteiger partial charge on any atom is 0.220 e. The van der Waals surface area contributed by atoms with E-state index >= 15 is 0 Å². The van der Waals surface area contributed by atoms with Gasteiger partial charge in [-0.1, -0.05) is 12.8 Å². The lowest BCUT2D eigenvalue weighted by Gasteiger charge is -2.09. The first-order chi connectivity index (χ1) is 11.2. The van der Waals surface area contributed by atoms with Gasteiger partial charge in [0.1, 0.15) is 12.1 Å². The zero-order valence-corrected chi connectivity index (χ0v) is 13.0. The minimum atomic E-state index is -0.276. The third kappa shape index (κ3) is 4.34. The molecule has 1 heterocycles. The SMILES string of the molecule is O=C(CC1CCCC1)NCc1cc(-c2ccc(F)cc2)ncn1. The molecule has 0 atom stereocenters. The molecule has 4 nitrogen and oxygen atoms in total. The zero-order chi connectivity index (χ0) is 16.1. The molecular formula is C18H20FN3O. The van der Waals surface area contributed by atoms with Crippen LogP contribution in [0.1, 0.15) is 37.8 Å². The molecule has 1 aliphatic carbocycles. The molecule has 2 aromatic rings. The molecule has 1 aliphatic rings. The van der Waals surface area contributed by atoms with Crippen LogP contribution in [0.5, 0.6) is 0 Å². The normalized spacial score (nSPS) is 14.8. The molecule has 1 aromatic heterocycles. The average molecular weight is 313 g/mol. The summed E-state index contributed by atoms with van der Waals surface area (Å²) in [4.78, 5) is 20.4. The Hall–Kier alpha value is -2.30. The van der Waals surface area contributed by atoms with Gasteiger partial charge in [-0.3, -0.25) is 4.79 Å². The number of halogens is 1. The van der Waals surface area contributed by atoms with Gasteiger partial charge >= 0.3 is 0 Å². The Kier molecular flexibility index (Phi) is 4.95. The van der Waals surface area contributed by atoms with Crippen molar-refractivity contribution in [3.63, 3.8) is 0 Å². The van der Waals surface area contributed by atoms with Crippen LogP contribution in [0, 0.1) is 11.7 Å². The van der Waals surface area contributed by atoms with Crippen LogP contribution in [-0.2, 0) is 11.3 Å². The van der Waals surface area contributed by atoms with Crippen molar-refractivity contribution in [1.29, 1.82) is 0 Å². The van der Waals surface area contributed by atoms with Crippen molar-refractivity contribution in [1.82, 2.24) is 15.3 Å². The van der Waals surface area contributed by atoms with Crippen molar-refractivity contribution < 1.29 is 9.18 Å². The fourth-order valence-electron chi connectivity index (χ4n) is 3.01. The second-order valence-electron chi connectivity index (χ2n) is 6.03. The summed E-state index contributed by atoms with van der Waals surface area (Å²) < 4.78 is 13.0. The van der Waals surface area contributed by atoms with E-state index in [1.54, 1.807) is 12.1 Å². The van der Waals surface area contributed by atoms with Crippen LogP contribution in [0.4, 0.5) is 4.39 Å². The van der Waals surface area contributed by atoms with Crippen LogP contribution in [0.2, 0.25) is 0 Å². The van der Waals surface area contributed by atoms with Gasteiger partial charge in [-0.05, 0) is 49.1 Å². The third-order valence-corrected chi connectivity index (χ3v) is 4.28. The highest BCUT2D eigenvalue weighted by Gasteiger charge is 2.18. The van der Waals surface area contributed by atoms with E-state index in [1.807, 2.05) is 6.07 Å². The van der Waals surface area contributed by atoms with Crippen LogP contribution < -0.4 is 5.32 Å². The van der Waals surface area contributed by atoms with E-state index in [4.69, 9.17) is 0 Å². The topological polar surface area (TPSA) is 54.9 Å². The van der Waals surface area contributed by atoms with Gasteiger partial charge < -0.3 is 5.32 Å². The molecule has 1 N–H and O–H groups in total. The largest absolute Gasteiger partial charge is 0.350 e. The maximum atomic E-state index is 13.0. The average Bonchev–Trinajstić information content (AvgIpc) is 3.07. The summed E-state index contributed by atoms with van der Waals surface area (Å²) in [5.74, 6) is 0.344. The number of amides is 1. The van der Waals surface area contributed by atoms with Crippen molar-refractivity contribution in [3.05, 3.63) is 48.2 Å². The Bertz CT molecular complexity index is 666. The number of nitrogens with one attached hydrogen (secondary N) is 1. The number of carbonyl (C=O) groups excluding carboxylic acids is 1. The molecule has 0 saturated heterocycles. The van der Waals surface area contributed by atoms with E-state index in [1.165, 1.54) is 31.3 Å². The fraction of sp³-hybridized carbons (Fsp3) is 0.389. The lowest BCUT2D eigenvalue weighted by Crippen LogP contribution is -2.25. The number of hydrogen-bond acceptors (Lipinski definition) is 3. The van der Waals surface area contributed by atoms with Crippen molar-refractivity contribution in [2.24, 2.45) is 5.92 Å². The summed E-state index contributed by atoms with van der Waals surface area (Å²) in [6.07, 6.45) is 6.88. The predicted octanol–water partition coefficient (Wildman–Crippen LogP) is 3.48. The molecule has 1 fully saturated rings. The fourth-order valence-corrected chi connectivity index (χ4v) is 3.01. The number of hydrogen-bond donors (Lipinski definition) is 1. The first-order valence-corrected chi connectivity index (χ1v) is 8.04. The number of rotatable bonds is 5. The summed E-state index contributed by atoms with van der Waals surface area (Å²) in [5, 5.41) is 2.92. The monoisotopic (exact) mass is 313 g/mol. The molecule has 0 radical (unpaired) electrons. The minimum absolute atomic E-state index is 0.0823. The maximum absolute atomic E-state index is 13.0. The number of aromatic nitrogens is 2. The Labute approximate surface area is 135 Å². The highest BCUT2D eigenvalue weighted by Crippen LogP contribution is 2.27. The molecule has 0 bridgehead atoms.